The van der Waals surface area contributed by atoms with Crippen molar-refractivity contribution < 1.29 is 4.57 Å². The fraction of sp³-hybridized carbons (Fsp3) is 0.500. The zero-order chi connectivity index (χ0) is 21.7. The number of rotatable bonds is 3. The molecule has 2 aliphatic rings. The largest absolute Gasteiger partial charge is 0.292 e. The maximum atomic E-state index is 5.36. The van der Waals surface area contributed by atoms with Crippen molar-refractivity contribution in [3.63, 3.8) is 0 Å². The molecule has 4 aromatic rings. The number of para-hydroxylation sites is 2. The molecule has 0 atom stereocenters. The quantitative estimate of drug-likeness (QED) is 0.298. The Morgan fingerprint density at radius 3 is 2.41 bits per heavy atom. The lowest BCUT2D eigenvalue weighted by Gasteiger charge is -2.21. The van der Waals surface area contributed by atoms with Gasteiger partial charge in [-0.1, -0.05) is 43.9 Å². The van der Waals surface area contributed by atoms with Gasteiger partial charge >= 0.3 is 0 Å². The summed E-state index contributed by atoms with van der Waals surface area (Å²) in [7, 11) is 2.25. The van der Waals surface area contributed by atoms with Gasteiger partial charge in [-0.2, -0.15) is 0 Å². The van der Waals surface area contributed by atoms with E-state index < -0.39 is 0 Å². The van der Waals surface area contributed by atoms with Crippen molar-refractivity contribution in [1.29, 1.82) is 0 Å². The van der Waals surface area contributed by atoms with Gasteiger partial charge in [0, 0.05) is 5.92 Å². The molecule has 0 spiro atoms. The minimum Gasteiger partial charge on any atom is -0.240 e. The normalized spacial score (nSPS) is 18.7. The fourth-order valence-electron chi connectivity index (χ4n) is 6.26. The number of hydrogen-bond donors (Lipinski definition) is 0. The third-order valence-corrected chi connectivity index (χ3v) is 9.14. The van der Waals surface area contributed by atoms with Crippen LogP contribution in [0.5, 0.6) is 0 Å². The fourth-order valence-corrected chi connectivity index (χ4v) is 7.40. The van der Waals surface area contributed by atoms with Crippen LogP contribution in [0.3, 0.4) is 0 Å². The first-order chi connectivity index (χ1) is 15.7. The second-order valence-corrected chi connectivity index (χ2v) is 11.1. The summed E-state index contributed by atoms with van der Waals surface area (Å²) in [6.45, 7) is 2.28. The average Bonchev–Trinajstić information content (AvgIpc) is 3.40. The molecule has 0 radical (unpaired) electrons. The topological polar surface area (TPSA) is 21.7 Å². The van der Waals surface area contributed by atoms with E-state index in [0.29, 0.717) is 12.0 Å². The van der Waals surface area contributed by atoms with Gasteiger partial charge in [0.05, 0.1) is 27.8 Å². The Balaban J connectivity index is 1.60. The Morgan fingerprint density at radius 1 is 0.906 bits per heavy atom. The van der Waals surface area contributed by atoms with E-state index in [2.05, 4.69) is 59.5 Å². The van der Waals surface area contributed by atoms with Crippen LogP contribution in [0.1, 0.15) is 86.7 Å². The van der Waals surface area contributed by atoms with E-state index in [1.807, 2.05) is 11.3 Å². The van der Waals surface area contributed by atoms with E-state index in [0.717, 1.165) is 0 Å². The molecular weight excluding hydrogens is 410 g/mol. The van der Waals surface area contributed by atoms with Crippen LogP contribution >= 0.6 is 11.3 Å². The molecule has 2 heterocycles. The van der Waals surface area contributed by atoms with Crippen LogP contribution in [-0.2, 0) is 7.05 Å². The lowest BCUT2D eigenvalue weighted by molar-refractivity contribution is -0.634. The maximum Gasteiger partial charge on any atom is 0.292 e. The first-order valence-corrected chi connectivity index (χ1v) is 13.4. The van der Waals surface area contributed by atoms with Crippen LogP contribution in [0.4, 0.5) is 0 Å². The highest BCUT2D eigenvalue weighted by Gasteiger charge is 2.33. The zero-order valence-electron chi connectivity index (χ0n) is 19.4. The van der Waals surface area contributed by atoms with E-state index in [9.17, 15) is 0 Å². The van der Waals surface area contributed by atoms with Crippen LogP contribution in [-0.4, -0.2) is 9.55 Å². The van der Waals surface area contributed by atoms with Crippen LogP contribution < -0.4 is 4.57 Å². The summed E-state index contributed by atoms with van der Waals surface area (Å²) in [5.74, 6) is 2.01. The summed E-state index contributed by atoms with van der Waals surface area (Å²) in [6, 6.07) is 14.2. The second kappa shape index (κ2) is 8.30. The SMILES string of the molecule is Cc1ccc2sc(C3CCCCC3)nc2c1-c1n(C2CCCCC2)c2ccccc2[n+]1C. The number of aromatic nitrogens is 3. The van der Waals surface area contributed by atoms with Gasteiger partial charge in [-0.25, -0.2) is 14.1 Å². The molecule has 0 amide bonds. The van der Waals surface area contributed by atoms with Crippen molar-refractivity contribution in [2.24, 2.45) is 7.05 Å². The third kappa shape index (κ3) is 3.30. The van der Waals surface area contributed by atoms with Crippen LogP contribution in [0, 0.1) is 6.92 Å². The second-order valence-electron chi connectivity index (χ2n) is 10.0. The summed E-state index contributed by atoms with van der Waals surface area (Å²) in [5, 5.41) is 1.37. The molecule has 2 aliphatic carbocycles. The van der Waals surface area contributed by atoms with E-state index in [1.165, 1.54) is 107 Å². The molecule has 2 aromatic heterocycles. The van der Waals surface area contributed by atoms with E-state index >= 15 is 0 Å². The minimum absolute atomic E-state index is 0.580. The van der Waals surface area contributed by atoms with Gasteiger partial charge in [-0.05, 0) is 69.2 Å². The molecule has 32 heavy (non-hydrogen) atoms. The molecule has 0 saturated heterocycles. The van der Waals surface area contributed by atoms with Gasteiger partial charge in [0.15, 0.2) is 11.0 Å². The number of imidazole rings is 1. The highest BCUT2D eigenvalue weighted by molar-refractivity contribution is 7.18. The average molecular weight is 445 g/mol. The van der Waals surface area contributed by atoms with Gasteiger partial charge in [-0.15, -0.1) is 11.3 Å². The van der Waals surface area contributed by atoms with Crippen LogP contribution in [0.15, 0.2) is 36.4 Å². The number of fused-ring (bicyclic) bond motifs is 2. The molecule has 3 nitrogen and oxygen atoms in total. The Hall–Kier alpha value is -2.20. The van der Waals surface area contributed by atoms with Gasteiger partial charge in [0.25, 0.3) is 5.82 Å². The van der Waals surface area contributed by atoms with E-state index in [1.54, 1.807) is 0 Å². The lowest BCUT2D eigenvalue weighted by atomic mass is 9.90. The number of nitrogens with zero attached hydrogens (tertiary/aromatic N) is 3. The number of benzene rings is 2. The molecule has 166 valence electrons. The summed E-state index contributed by atoms with van der Waals surface area (Å²) in [5.41, 5.74) is 6.62. The molecular formula is C28H34N3S+. The van der Waals surface area contributed by atoms with Gasteiger partial charge < -0.3 is 0 Å². The highest BCUT2D eigenvalue weighted by Crippen LogP contribution is 2.42. The first-order valence-electron chi connectivity index (χ1n) is 12.6. The Bertz CT molecular complexity index is 1270. The summed E-state index contributed by atoms with van der Waals surface area (Å²) >= 11 is 1.95. The van der Waals surface area contributed by atoms with Crippen LogP contribution in [0.2, 0.25) is 0 Å². The molecule has 2 saturated carbocycles. The number of hydrogen-bond acceptors (Lipinski definition) is 2. The smallest absolute Gasteiger partial charge is 0.240 e. The molecule has 0 aliphatic heterocycles. The van der Waals surface area contributed by atoms with Crippen LogP contribution in [0.25, 0.3) is 32.6 Å². The highest BCUT2D eigenvalue weighted by atomic mass is 32.1. The van der Waals surface area contributed by atoms with Crippen molar-refractivity contribution >= 4 is 32.6 Å². The molecule has 4 heteroatoms. The maximum absolute atomic E-state index is 5.36. The standard InChI is InChI=1S/C28H34N3S/c1-19-17-18-24-26(29-27(32-24)20-11-5-3-6-12-20)25(19)28-30(2)22-15-9-10-16-23(22)31(28)21-13-7-4-8-14-21/h9-10,15-18,20-21H,3-8,11-14H2,1-2H3/q+1. The van der Waals surface area contributed by atoms with E-state index in [-0.39, 0.29) is 0 Å². The van der Waals surface area contributed by atoms with Gasteiger partial charge in [0.2, 0.25) is 0 Å². The Morgan fingerprint density at radius 2 is 1.62 bits per heavy atom. The monoisotopic (exact) mass is 444 g/mol. The molecule has 0 bridgehead atoms. The van der Waals surface area contributed by atoms with Crippen molar-refractivity contribution in [1.82, 2.24) is 9.55 Å². The summed E-state index contributed by atoms with van der Waals surface area (Å²) < 4.78 is 6.47. The minimum atomic E-state index is 0.580. The number of aryl methyl sites for hydroxylation is 2. The lowest BCUT2D eigenvalue weighted by Crippen LogP contribution is -2.31. The predicted octanol–water partition coefficient (Wildman–Crippen LogP) is 7.60. The molecule has 2 fully saturated rings. The summed E-state index contributed by atoms with van der Waals surface area (Å²) in [6.07, 6.45) is 13.4. The third-order valence-electron chi connectivity index (χ3n) is 7.95. The first kappa shape index (κ1) is 20.4. The van der Waals surface area contributed by atoms with E-state index in [4.69, 9.17) is 4.98 Å². The van der Waals surface area contributed by atoms with Gasteiger partial charge in [-0.3, -0.25) is 0 Å². The van der Waals surface area contributed by atoms with Crippen molar-refractivity contribution in [3.8, 4) is 11.4 Å². The number of thiazole rings is 1. The Labute approximate surface area is 195 Å². The molecule has 6 rings (SSSR count). The predicted molar refractivity (Wildman–Crippen MR) is 134 cm³/mol. The zero-order valence-corrected chi connectivity index (χ0v) is 20.3. The van der Waals surface area contributed by atoms with Crippen molar-refractivity contribution in [2.45, 2.75) is 83.1 Å². The van der Waals surface area contributed by atoms with Crippen molar-refractivity contribution in [3.05, 3.63) is 47.0 Å². The Kier molecular flexibility index (Phi) is 5.29. The summed E-state index contributed by atoms with van der Waals surface area (Å²) in [4.78, 5) is 5.36. The molecule has 0 unspecified atom stereocenters. The van der Waals surface area contributed by atoms with Crippen molar-refractivity contribution in [2.75, 3.05) is 0 Å². The molecule has 2 aromatic carbocycles. The van der Waals surface area contributed by atoms with Gasteiger partial charge in [0.1, 0.15) is 6.04 Å². The molecule has 0 N–H and O–H groups in total.